The predicted molar refractivity (Wildman–Crippen MR) is 69.0 cm³/mol. The van der Waals surface area contributed by atoms with Crippen molar-refractivity contribution in [2.75, 3.05) is 0 Å². The zero-order chi connectivity index (χ0) is 14.3. The van der Waals surface area contributed by atoms with Gasteiger partial charge < -0.3 is 9.84 Å². The van der Waals surface area contributed by atoms with E-state index in [2.05, 4.69) is 0 Å². The molecule has 2 fully saturated rings. The third-order valence-corrected chi connectivity index (χ3v) is 4.67. The van der Waals surface area contributed by atoms with Crippen LogP contribution in [0.4, 0.5) is 10.1 Å². The number of halogens is 1. The molecule has 20 heavy (non-hydrogen) atoms. The summed E-state index contributed by atoms with van der Waals surface area (Å²) in [5.41, 5.74) is -0.534. The maximum atomic E-state index is 13.8. The molecule has 0 heterocycles. The van der Waals surface area contributed by atoms with Crippen LogP contribution >= 0.6 is 0 Å². The summed E-state index contributed by atoms with van der Waals surface area (Å²) in [4.78, 5) is 9.93. The van der Waals surface area contributed by atoms with Gasteiger partial charge >= 0.3 is 0 Å². The molecule has 6 heteroatoms. The average Bonchev–Trinajstić information content (AvgIpc) is 2.92. The number of hydrogen-bond acceptors (Lipinski definition) is 4. The van der Waals surface area contributed by atoms with E-state index in [1.54, 1.807) is 0 Å². The molecule has 0 aliphatic heterocycles. The molecule has 108 valence electrons. The number of non-ortho nitro benzene ring substituents is 1. The third-order valence-electron chi connectivity index (χ3n) is 4.67. The molecule has 2 aliphatic rings. The van der Waals surface area contributed by atoms with Crippen LogP contribution in [0.2, 0.25) is 0 Å². The lowest BCUT2D eigenvalue weighted by Gasteiger charge is -2.51. The molecule has 1 aromatic carbocycles. The summed E-state index contributed by atoms with van der Waals surface area (Å²) in [5, 5.41) is 20.5. The largest absolute Gasteiger partial charge is 0.487 e. The predicted octanol–water partition coefficient (Wildman–Crippen LogP) is 2.81. The van der Waals surface area contributed by atoms with Crippen molar-refractivity contribution in [3.05, 3.63) is 34.1 Å². The maximum Gasteiger partial charge on any atom is 0.272 e. The van der Waals surface area contributed by atoms with Gasteiger partial charge in [-0.15, -0.1) is 0 Å². The van der Waals surface area contributed by atoms with Crippen molar-refractivity contribution in [3.63, 3.8) is 0 Å². The standard InChI is InChI=1S/C14H16FNO4/c15-10-7-9(16(18)19)3-4-11(10)20-13-8-12(17)14(13)5-1-2-6-14/h3-4,7,12-13,17H,1-2,5-6,8H2. The zero-order valence-electron chi connectivity index (χ0n) is 10.9. The Balaban J connectivity index is 1.77. The Labute approximate surface area is 115 Å². The molecule has 0 radical (unpaired) electrons. The SMILES string of the molecule is O=[N+]([O-])c1ccc(OC2CC(O)C23CCCC3)c(F)c1. The summed E-state index contributed by atoms with van der Waals surface area (Å²) in [6.07, 6.45) is 3.82. The van der Waals surface area contributed by atoms with Gasteiger partial charge in [-0.25, -0.2) is 4.39 Å². The van der Waals surface area contributed by atoms with E-state index in [1.807, 2.05) is 0 Å². The van der Waals surface area contributed by atoms with Crippen LogP contribution in [0.25, 0.3) is 0 Å². The second-order valence-electron chi connectivity index (χ2n) is 5.67. The quantitative estimate of drug-likeness (QED) is 0.683. The fourth-order valence-electron chi connectivity index (χ4n) is 3.43. The average molecular weight is 281 g/mol. The van der Waals surface area contributed by atoms with Gasteiger partial charge in [-0.05, 0) is 18.9 Å². The smallest absolute Gasteiger partial charge is 0.272 e. The van der Waals surface area contributed by atoms with Crippen molar-refractivity contribution in [1.29, 1.82) is 0 Å². The molecule has 2 saturated carbocycles. The normalized spacial score (nSPS) is 27.3. The highest BCUT2D eigenvalue weighted by molar-refractivity contribution is 5.38. The van der Waals surface area contributed by atoms with E-state index in [-0.39, 0.29) is 29.1 Å². The summed E-state index contributed by atoms with van der Waals surface area (Å²) < 4.78 is 19.5. The summed E-state index contributed by atoms with van der Waals surface area (Å²) in [5.74, 6) is -0.701. The molecule has 1 spiro atoms. The Morgan fingerprint density at radius 3 is 2.65 bits per heavy atom. The Kier molecular flexibility index (Phi) is 3.12. The highest BCUT2D eigenvalue weighted by atomic mass is 19.1. The molecule has 0 bridgehead atoms. The van der Waals surface area contributed by atoms with Gasteiger partial charge in [-0.3, -0.25) is 10.1 Å². The molecule has 3 rings (SSSR count). The van der Waals surface area contributed by atoms with Crippen molar-refractivity contribution < 1.29 is 19.2 Å². The molecular weight excluding hydrogens is 265 g/mol. The number of rotatable bonds is 3. The van der Waals surface area contributed by atoms with E-state index >= 15 is 0 Å². The fourth-order valence-corrected chi connectivity index (χ4v) is 3.43. The van der Waals surface area contributed by atoms with Crippen molar-refractivity contribution in [2.24, 2.45) is 5.41 Å². The van der Waals surface area contributed by atoms with Gasteiger partial charge in [0.25, 0.3) is 5.69 Å². The Hall–Kier alpha value is -1.69. The number of nitro benzene ring substituents is 1. The second kappa shape index (κ2) is 4.70. The van der Waals surface area contributed by atoms with Crippen molar-refractivity contribution in [1.82, 2.24) is 0 Å². The van der Waals surface area contributed by atoms with Gasteiger partial charge in [0.15, 0.2) is 11.6 Å². The highest BCUT2D eigenvalue weighted by Crippen LogP contribution is 2.54. The first-order valence-corrected chi connectivity index (χ1v) is 6.81. The number of benzene rings is 1. The van der Waals surface area contributed by atoms with E-state index in [0.29, 0.717) is 6.42 Å². The van der Waals surface area contributed by atoms with Crippen LogP contribution in [0.1, 0.15) is 32.1 Å². The van der Waals surface area contributed by atoms with Crippen LogP contribution in [0.15, 0.2) is 18.2 Å². The minimum atomic E-state index is -0.728. The van der Waals surface area contributed by atoms with Crippen LogP contribution in [0.3, 0.4) is 0 Å². The first-order valence-electron chi connectivity index (χ1n) is 6.81. The van der Waals surface area contributed by atoms with Gasteiger partial charge in [0.1, 0.15) is 6.10 Å². The minimum absolute atomic E-state index is 0.0266. The number of aliphatic hydroxyl groups excluding tert-OH is 1. The van der Waals surface area contributed by atoms with Crippen molar-refractivity contribution >= 4 is 5.69 Å². The number of nitrogens with zero attached hydrogens (tertiary/aromatic N) is 1. The molecule has 2 unspecified atom stereocenters. The maximum absolute atomic E-state index is 13.8. The second-order valence-corrected chi connectivity index (χ2v) is 5.67. The minimum Gasteiger partial charge on any atom is -0.487 e. The van der Waals surface area contributed by atoms with E-state index in [0.717, 1.165) is 31.7 Å². The van der Waals surface area contributed by atoms with Crippen LogP contribution < -0.4 is 4.74 Å². The van der Waals surface area contributed by atoms with Crippen molar-refractivity contribution in [2.45, 2.75) is 44.3 Å². The first-order chi connectivity index (χ1) is 9.53. The van der Waals surface area contributed by atoms with Gasteiger partial charge in [-0.2, -0.15) is 0 Å². The Morgan fingerprint density at radius 1 is 1.40 bits per heavy atom. The molecule has 5 nitrogen and oxygen atoms in total. The van der Waals surface area contributed by atoms with E-state index in [4.69, 9.17) is 4.74 Å². The van der Waals surface area contributed by atoms with Gasteiger partial charge in [-0.1, -0.05) is 12.8 Å². The number of aliphatic hydroxyl groups is 1. The summed E-state index contributed by atoms with van der Waals surface area (Å²) in [6, 6.07) is 3.39. The molecule has 1 aromatic rings. The summed E-state index contributed by atoms with van der Waals surface area (Å²) in [7, 11) is 0. The lowest BCUT2D eigenvalue weighted by molar-refractivity contribution is -0.385. The van der Waals surface area contributed by atoms with Crippen LogP contribution in [0, 0.1) is 21.3 Å². The molecule has 0 aromatic heterocycles. The fraction of sp³-hybridized carbons (Fsp3) is 0.571. The zero-order valence-corrected chi connectivity index (χ0v) is 10.9. The molecular formula is C14H16FNO4. The summed E-state index contributed by atoms with van der Waals surface area (Å²) >= 11 is 0. The molecule has 0 amide bonds. The highest BCUT2D eigenvalue weighted by Gasteiger charge is 2.57. The number of hydrogen-bond donors (Lipinski definition) is 1. The third kappa shape index (κ3) is 1.95. The van der Waals surface area contributed by atoms with Gasteiger partial charge in [0.2, 0.25) is 0 Å². The van der Waals surface area contributed by atoms with Crippen LogP contribution in [0.5, 0.6) is 5.75 Å². The van der Waals surface area contributed by atoms with Crippen molar-refractivity contribution in [3.8, 4) is 5.75 Å². The molecule has 1 N–H and O–H groups in total. The topological polar surface area (TPSA) is 72.6 Å². The molecule has 2 aliphatic carbocycles. The molecule has 0 saturated heterocycles. The lowest BCUT2D eigenvalue weighted by atomic mass is 9.62. The number of nitro groups is 1. The van der Waals surface area contributed by atoms with E-state index in [9.17, 15) is 19.6 Å². The summed E-state index contributed by atoms with van der Waals surface area (Å²) in [6.45, 7) is 0. The van der Waals surface area contributed by atoms with E-state index < -0.39 is 10.7 Å². The Morgan fingerprint density at radius 2 is 2.10 bits per heavy atom. The molecule has 2 atom stereocenters. The first kappa shape index (κ1) is 13.3. The monoisotopic (exact) mass is 281 g/mol. The lowest BCUT2D eigenvalue weighted by Crippen LogP contribution is -2.58. The number of ether oxygens (including phenoxy) is 1. The van der Waals surface area contributed by atoms with Gasteiger partial charge in [0, 0.05) is 17.9 Å². The van der Waals surface area contributed by atoms with Gasteiger partial charge in [0.05, 0.1) is 17.1 Å². The van der Waals surface area contributed by atoms with Crippen LogP contribution in [-0.2, 0) is 0 Å². The van der Waals surface area contributed by atoms with Crippen LogP contribution in [-0.4, -0.2) is 22.2 Å². The Bertz CT molecular complexity index is 542. The van der Waals surface area contributed by atoms with E-state index in [1.165, 1.54) is 12.1 Å².